The van der Waals surface area contributed by atoms with E-state index in [1.54, 1.807) is 0 Å². The first-order valence-electron chi connectivity index (χ1n) is 7.04. The number of benzene rings is 1. The van der Waals surface area contributed by atoms with Gasteiger partial charge in [0.25, 0.3) is 5.91 Å². The Balaban J connectivity index is 2.23. The van der Waals surface area contributed by atoms with Crippen molar-refractivity contribution >= 4 is 21.8 Å². The van der Waals surface area contributed by atoms with Crippen molar-refractivity contribution in [3.8, 4) is 5.75 Å². The van der Waals surface area contributed by atoms with Crippen molar-refractivity contribution in [3.63, 3.8) is 0 Å². The van der Waals surface area contributed by atoms with Gasteiger partial charge in [-0.2, -0.15) is 0 Å². The highest BCUT2D eigenvalue weighted by Crippen LogP contribution is 2.26. The molecular formula is C15H21BrN2O2. The average molecular weight is 341 g/mol. The zero-order valence-corrected chi connectivity index (χ0v) is 13.6. The number of hydrogen-bond acceptors (Lipinski definition) is 3. The maximum atomic E-state index is 12.7. The van der Waals surface area contributed by atoms with Crippen molar-refractivity contribution < 1.29 is 9.53 Å². The molecule has 4 nitrogen and oxygen atoms in total. The Bertz CT molecular complexity index is 469. The van der Waals surface area contributed by atoms with E-state index in [0.29, 0.717) is 11.3 Å². The topological polar surface area (TPSA) is 41.6 Å². The summed E-state index contributed by atoms with van der Waals surface area (Å²) >= 11 is 3.43. The van der Waals surface area contributed by atoms with Gasteiger partial charge in [0.15, 0.2) is 0 Å². The molecule has 1 aliphatic rings. The van der Waals surface area contributed by atoms with Gasteiger partial charge in [-0.05, 0) is 45.0 Å². The standard InChI is InChI=1S/C15H21BrN2O2/c1-11(2)20-14-10-12(16)4-5-13(14)15(19)18-8-3-6-17-7-9-18/h4-5,10-11,17H,3,6-9H2,1-2H3. The number of ether oxygens (including phenoxy) is 1. The Morgan fingerprint density at radius 3 is 2.90 bits per heavy atom. The SMILES string of the molecule is CC(C)Oc1cc(Br)ccc1C(=O)N1CCCNCC1. The molecule has 1 saturated heterocycles. The summed E-state index contributed by atoms with van der Waals surface area (Å²) in [6, 6.07) is 5.59. The van der Waals surface area contributed by atoms with Crippen LogP contribution in [0.5, 0.6) is 5.75 Å². The molecule has 0 radical (unpaired) electrons. The van der Waals surface area contributed by atoms with E-state index in [-0.39, 0.29) is 12.0 Å². The Labute approximate surface area is 128 Å². The molecule has 20 heavy (non-hydrogen) atoms. The number of carbonyl (C=O) groups is 1. The van der Waals surface area contributed by atoms with E-state index in [4.69, 9.17) is 4.74 Å². The highest BCUT2D eigenvalue weighted by molar-refractivity contribution is 9.10. The molecular weight excluding hydrogens is 320 g/mol. The van der Waals surface area contributed by atoms with E-state index in [2.05, 4.69) is 21.2 Å². The van der Waals surface area contributed by atoms with Crippen molar-refractivity contribution in [1.29, 1.82) is 0 Å². The monoisotopic (exact) mass is 340 g/mol. The van der Waals surface area contributed by atoms with Crippen LogP contribution in [-0.2, 0) is 0 Å². The quantitative estimate of drug-likeness (QED) is 0.919. The lowest BCUT2D eigenvalue weighted by Gasteiger charge is -2.22. The fourth-order valence-corrected chi connectivity index (χ4v) is 2.58. The first kappa shape index (κ1) is 15.3. The van der Waals surface area contributed by atoms with Gasteiger partial charge in [0, 0.05) is 24.1 Å². The van der Waals surface area contributed by atoms with Crippen LogP contribution in [-0.4, -0.2) is 43.1 Å². The van der Waals surface area contributed by atoms with Crippen LogP contribution in [0.1, 0.15) is 30.6 Å². The highest BCUT2D eigenvalue weighted by atomic mass is 79.9. The maximum absolute atomic E-state index is 12.7. The Morgan fingerprint density at radius 1 is 1.35 bits per heavy atom. The number of amides is 1. The van der Waals surface area contributed by atoms with Crippen molar-refractivity contribution in [2.45, 2.75) is 26.4 Å². The Hall–Kier alpha value is -1.07. The largest absolute Gasteiger partial charge is 0.490 e. The van der Waals surface area contributed by atoms with E-state index in [0.717, 1.165) is 37.1 Å². The lowest BCUT2D eigenvalue weighted by atomic mass is 10.1. The molecule has 0 aromatic heterocycles. The van der Waals surface area contributed by atoms with E-state index >= 15 is 0 Å². The first-order valence-corrected chi connectivity index (χ1v) is 7.83. The molecule has 0 bridgehead atoms. The first-order chi connectivity index (χ1) is 9.58. The molecule has 1 amide bonds. The number of nitrogens with one attached hydrogen (secondary N) is 1. The second kappa shape index (κ2) is 7.09. The number of halogens is 1. The van der Waals surface area contributed by atoms with Crippen LogP contribution in [0.3, 0.4) is 0 Å². The van der Waals surface area contributed by atoms with Gasteiger partial charge in [-0.1, -0.05) is 15.9 Å². The minimum atomic E-state index is 0.0432. The molecule has 1 aromatic rings. The third kappa shape index (κ3) is 3.96. The highest BCUT2D eigenvalue weighted by Gasteiger charge is 2.21. The van der Waals surface area contributed by atoms with Gasteiger partial charge in [0.1, 0.15) is 5.75 Å². The summed E-state index contributed by atoms with van der Waals surface area (Å²) in [7, 11) is 0. The molecule has 5 heteroatoms. The van der Waals surface area contributed by atoms with Crippen LogP contribution >= 0.6 is 15.9 Å². The number of carbonyl (C=O) groups excluding carboxylic acids is 1. The third-order valence-electron chi connectivity index (χ3n) is 3.16. The maximum Gasteiger partial charge on any atom is 0.257 e. The molecule has 0 spiro atoms. The van der Waals surface area contributed by atoms with Crippen LogP contribution < -0.4 is 10.1 Å². The second-order valence-corrected chi connectivity index (χ2v) is 6.12. The predicted molar refractivity (Wildman–Crippen MR) is 83.3 cm³/mol. The minimum absolute atomic E-state index is 0.0432. The minimum Gasteiger partial charge on any atom is -0.490 e. The summed E-state index contributed by atoms with van der Waals surface area (Å²) in [5, 5.41) is 3.31. The summed E-state index contributed by atoms with van der Waals surface area (Å²) in [5.74, 6) is 0.702. The summed E-state index contributed by atoms with van der Waals surface area (Å²) in [4.78, 5) is 14.6. The zero-order chi connectivity index (χ0) is 14.5. The Kier molecular flexibility index (Phi) is 5.43. The van der Waals surface area contributed by atoms with Gasteiger partial charge >= 0.3 is 0 Å². The fraction of sp³-hybridized carbons (Fsp3) is 0.533. The Morgan fingerprint density at radius 2 is 2.15 bits per heavy atom. The van der Waals surface area contributed by atoms with Gasteiger partial charge in [0.05, 0.1) is 11.7 Å². The van der Waals surface area contributed by atoms with E-state index in [9.17, 15) is 4.79 Å². The predicted octanol–water partition coefficient (Wildman–Crippen LogP) is 2.67. The van der Waals surface area contributed by atoms with Gasteiger partial charge in [-0.3, -0.25) is 4.79 Å². The molecule has 110 valence electrons. The van der Waals surface area contributed by atoms with Crippen LogP contribution in [0.15, 0.2) is 22.7 Å². The van der Waals surface area contributed by atoms with Gasteiger partial charge in [-0.15, -0.1) is 0 Å². The summed E-state index contributed by atoms with van der Waals surface area (Å²) in [6.45, 7) is 7.29. The molecule has 1 N–H and O–H groups in total. The molecule has 0 saturated carbocycles. The molecule has 1 aliphatic heterocycles. The van der Waals surface area contributed by atoms with Gasteiger partial charge < -0.3 is 15.0 Å². The molecule has 1 fully saturated rings. The molecule has 1 aromatic carbocycles. The molecule has 0 aliphatic carbocycles. The van der Waals surface area contributed by atoms with Crippen LogP contribution in [0.4, 0.5) is 0 Å². The van der Waals surface area contributed by atoms with E-state index < -0.39 is 0 Å². The van der Waals surface area contributed by atoms with E-state index in [1.165, 1.54) is 0 Å². The normalized spacial score (nSPS) is 16.1. The van der Waals surface area contributed by atoms with Crippen LogP contribution in [0.2, 0.25) is 0 Å². The van der Waals surface area contributed by atoms with Crippen molar-refractivity contribution in [2.75, 3.05) is 26.2 Å². The number of rotatable bonds is 3. The number of hydrogen-bond donors (Lipinski definition) is 1. The molecule has 0 atom stereocenters. The lowest BCUT2D eigenvalue weighted by Crippen LogP contribution is -2.34. The third-order valence-corrected chi connectivity index (χ3v) is 3.66. The van der Waals surface area contributed by atoms with E-state index in [1.807, 2.05) is 36.9 Å². The van der Waals surface area contributed by atoms with Crippen LogP contribution in [0, 0.1) is 0 Å². The van der Waals surface area contributed by atoms with Crippen molar-refractivity contribution in [2.24, 2.45) is 0 Å². The van der Waals surface area contributed by atoms with Gasteiger partial charge in [-0.25, -0.2) is 0 Å². The smallest absolute Gasteiger partial charge is 0.257 e. The fourth-order valence-electron chi connectivity index (χ4n) is 2.24. The summed E-state index contributed by atoms with van der Waals surface area (Å²) in [5.41, 5.74) is 0.642. The molecule has 2 rings (SSSR count). The average Bonchev–Trinajstić information content (AvgIpc) is 2.66. The summed E-state index contributed by atoms with van der Waals surface area (Å²) < 4.78 is 6.69. The van der Waals surface area contributed by atoms with Crippen LogP contribution in [0.25, 0.3) is 0 Å². The lowest BCUT2D eigenvalue weighted by molar-refractivity contribution is 0.0760. The van der Waals surface area contributed by atoms with Crippen molar-refractivity contribution in [3.05, 3.63) is 28.2 Å². The summed E-state index contributed by atoms with van der Waals surface area (Å²) in [6.07, 6.45) is 1.03. The zero-order valence-electron chi connectivity index (χ0n) is 12.0. The molecule has 1 heterocycles. The van der Waals surface area contributed by atoms with Gasteiger partial charge in [0.2, 0.25) is 0 Å². The second-order valence-electron chi connectivity index (χ2n) is 5.20. The number of nitrogens with zero attached hydrogens (tertiary/aromatic N) is 1. The molecule has 0 unspecified atom stereocenters. The van der Waals surface area contributed by atoms with Crippen molar-refractivity contribution in [1.82, 2.24) is 10.2 Å².